The van der Waals surface area contributed by atoms with Gasteiger partial charge in [-0.3, -0.25) is 4.79 Å². The largest absolute Gasteiger partial charge is 0.465 e. The number of amides is 1. The molecule has 0 radical (unpaired) electrons. The molecule has 0 atom stereocenters. The van der Waals surface area contributed by atoms with E-state index in [1.54, 1.807) is 12.3 Å². The molecule has 2 aromatic heterocycles. The van der Waals surface area contributed by atoms with Crippen LogP contribution in [0, 0.1) is 0 Å². The smallest absolute Gasteiger partial charge is 0.221 e. The summed E-state index contributed by atoms with van der Waals surface area (Å²) in [4.78, 5) is 10.9. The minimum atomic E-state index is -0.0924. The number of nitrogens with one attached hydrogen (secondary N) is 1. The van der Waals surface area contributed by atoms with Crippen molar-refractivity contribution >= 4 is 11.6 Å². The average molecular weight is 204 g/mol. The van der Waals surface area contributed by atoms with Crippen LogP contribution in [0.2, 0.25) is 0 Å². The molecular formula is C11H12N2O2. The molecule has 0 aliphatic carbocycles. The van der Waals surface area contributed by atoms with Crippen LogP contribution in [-0.4, -0.2) is 10.5 Å². The number of nitrogens with zero attached hydrogens (tertiary/aromatic N) is 1. The van der Waals surface area contributed by atoms with Crippen LogP contribution >= 0.6 is 0 Å². The zero-order chi connectivity index (χ0) is 10.7. The molecule has 15 heavy (non-hydrogen) atoms. The molecule has 0 aliphatic heterocycles. The molecule has 0 fully saturated rings. The van der Waals surface area contributed by atoms with Crippen molar-refractivity contribution in [3.63, 3.8) is 0 Å². The van der Waals surface area contributed by atoms with Crippen LogP contribution in [0.5, 0.6) is 0 Å². The van der Waals surface area contributed by atoms with Gasteiger partial charge in [0.25, 0.3) is 0 Å². The van der Waals surface area contributed by atoms with Gasteiger partial charge < -0.3 is 14.3 Å². The number of carbonyl (C=O) groups excluding carboxylic acids is 1. The molecule has 0 unspecified atom stereocenters. The van der Waals surface area contributed by atoms with E-state index in [0.717, 1.165) is 11.4 Å². The van der Waals surface area contributed by atoms with Crippen LogP contribution in [0.1, 0.15) is 12.7 Å². The van der Waals surface area contributed by atoms with Gasteiger partial charge in [-0.2, -0.15) is 0 Å². The summed E-state index contributed by atoms with van der Waals surface area (Å²) in [5, 5.41) is 2.72. The first-order valence-electron chi connectivity index (χ1n) is 4.70. The Morgan fingerprint density at radius 1 is 1.47 bits per heavy atom. The summed E-state index contributed by atoms with van der Waals surface area (Å²) >= 11 is 0. The standard InChI is InChI=1S/C11H12N2O2/c1-9(14)12-10-4-7-15-11(10)8-13-5-2-3-6-13/h2-7H,8H2,1H3,(H,12,14). The lowest BCUT2D eigenvalue weighted by Gasteiger charge is -2.03. The third-order valence-corrected chi connectivity index (χ3v) is 2.05. The van der Waals surface area contributed by atoms with Crippen molar-refractivity contribution in [2.45, 2.75) is 13.5 Å². The van der Waals surface area contributed by atoms with E-state index in [-0.39, 0.29) is 5.91 Å². The molecular weight excluding hydrogens is 192 g/mol. The number of rotatable bonds is 3. The van der Waals surface area contributed by atoms with E-state index in [4.69, 9.17) is 4.42 Å². The summed E-state index contributed by atoms with van der Waals surface area (Å²) in [6.07, 6.45) is 5.46. The van der Waals surface area contributed by atoms with Gasteiger partial charge in [0.1, 0.15) is 5.76 Å². The molecule has 1 amide bonds. The third-order valence-electron chi connectivity index (χ3n) is 2.05. The summed E-state index contributed by atoms with van der Waals surface area (Å²) < 4.78 is 7.28. The van der Waals surface area contributed by atoms with Gasteiger partial charge in [-0.15, -0.1) is 0 Å². The summed E-state index contributed by atoms with van der Waals surface area (Å²) in [6, 6.07) is 5.64. The van der Waals surface area contributed by atoms with Crippen molar-refractivity contribution in [1.82, 2.24) is 4.57 Å². The molecule has 0 saturated carbocycles. The third kappa shape index (κ3) is 2.28. The normalized spacial score (nSPS) is 10.2. The van der Waals surface area contributed by atoms with Crippen LogP contribution in [0.25, 0.3) is 0 Å². The summed E-state index contributed by atoms with van der Waals surface area (Å²) in [6.45, 7) is 2.10. The Bertz CT molecular complexity index is 443. The molecule has 0 aromatic carbocycles. The molecule has 4 heteroatoms. The molecule has 4 nitrogen and oxygen atoms in total. The van der Waals surface area contributed by atoms with Crippen LogP contribution in [-0.2, 0) is 11.3 Å². The van der Waals surface area contributed by atoms with Crippen LogP contribution < -0.4 is 5.32 Å². The molecule has 2 rings (SSSR count). The summed E-state index contributed by atoms with van der Waals surface area (Å²) in [5.41, 5.74) is 0.733. The average Bonchev–Trinajstić information content (AvgIpc) is 2.78. The highest BCUT2D eigenvalue weighted by molar-refractivity contribution is 5.89. The fourth-order valence-corrected chi connectivity index (χ4v) is 1.41. The molecule has 0 spiro atoms. The fourth-order valence-electron chi connectivity index (χ4n) is 1.41. The second-order valence-electron chi connectivity index (χ2n) is 3.29. The van der Waals surface area contributed by atoms with Gasteiger partial charge in [-0.05, 0) is 12.1 Å². The van der Waals surface area contributed by atoms with Gasteiger partial charge in [0, 0.05) is 25.4 Å². The van der Waals surface area contributed by atoms with E-state index in [9.17, 15) is 4.79 Å². The maximum absolute atomic E-state index is 10.9. The van der Waals surface area contributed by atoms with Crippen molar-refractivity contribution < 1.29 is 9.21 Å². The van der Waals surface area contributed by atoms with E-state index in [0.29, 0.717) is 6.54 Å². The highest BCUT2D eigenvalue weighted by Crippen LogP contribution is 2.17. The monoisotopic (exact) mass is 204 g/mol. The molecule has 78 valence electrons. The second kappa shape index (κ2) is 4.04. The minimum absolute atomic E-state index is 0.0924. The number of furan rings is 1. The summed E-state index contributed by atoms with van der Waals surface area (Å²) in [7, 11) is 0. The number of hydrogen-bond acceptors (Lipinski definition) is 2. The molecule has 0 aliphatic rings. The number of carbonyl (C=O) groups is 1. The van der Waals surface area contributed by atoms with E-state index < -0.39 is 0 Å². The lowest BCUT2D eigenvalue weighted by Crippen LogP contribution is -2.07. The van der Waals surface area contributed by atoms with Gasteiger partial charge >= 0.3 is 0 Å². The topological polar surface area (TPSA) is 47.2 Å². The van der Waals surface area contributed by atoms with Crippen molar-refractivity contribution in [3.8, 4) is 0 Å². The Labute approximate surface area is 87.5 Å². The Kier molecular flexibility index (Phi) is 2.58. The van der Waals surface area contributed by atoms with Crippen molar-refractivity contribution in [2.75, 3.05) is 5.32 Å². The molecule has 1 N–H and O–H groups in total. The van der Waals surface area contributed by atoms with E-state index in [1.807, 2.05) is 29.1 Å². The molecule has 2 heterocycles. The number of anilines is 1. The Morgan fingerprint density at radius 3 is 2.87 bits per heavy atom. The minimum Gasteiger partial charge on any atom is -0.465 e. The second-order valence-corrected chi connectivity index (χ2v) is 3.29. The zero-order valence-corrected chi connectivity index (χ0v) is 8.43. The van der Waals surface area contributed by atoms with E-state index in [2.05, 4.69) is 5.32 Å². The van der Waals surface area contributed by atoms with Crippen LogP contribution in [0.15, 0.2) is 41.3 Å². The van der Waals surface area contributed by atoms with E-state index in [1.165, 1.54) is 6.92 Å². The lowest BCUT2D eigenvalue weighted by molar-refractivity contribution is -0.114. The van der Waals surface area contributed by atoms with E-state index >= 15 is 0 Å². The number of hydrogen-bond donors (Lipinski definition) is 1. The maximum atomic E-state index is 10.9. The van der Waals surface area contributed by atoms with Gasteiger partial charge in [0.2, 0.25) is 5.91 Å². The summed E-state index contributed by atoms with van der Waals surface area (Å²) in [5.74, 6) is 0.659. The quantitative estimate of drug-likeness (QED) is 0.832. The highest BCUT2D eigenvalue weighted by atomic mass is 16.3. The number of aromatic nitrogens is 1. The molecule has 0 saturated heterocycles. The Balaban J connectivity index is 2.14. The first-order chi connectivity index (χ1) is 7.25. The SMILES string of the molecule is CC(=O)Nc1ccoc1Cn1cccc1. The maximum Gasteiger partial charge on any atom is 0.221 e. The molecule has 2 aromatic rings. The van der Waals surface area contributed by atoms with Gasteiger partial charge in [-0.25, -0.2) is 0 Å². The van der Waals surface area contributed by atoms with Gasteiger partial charge in [-0.1, -0.05) is 0 Å². The first-order valence-corrected chi connectivity index (χ1v) is 4.70. The first kappa shape index (κ1) is 9.58. The Morgan fingerprint density at radius 2 is 2.20 bits per heavy atom. The highest BCUT2D eigenvalue weighted by Gasteiger charge is 2.07. The lowest BCUT2D eigenvalue weighted by atomic mass is 10.3. The van der Waals surface area contributed by atoms with Gasteiger partial charge in [0.05, 0.1) is 18.5 Å². The van der Waals surface area contributed by atoms with Crippen LogP contribution in [0.4, 0.5) is 5.69 Å². The van der Waals surface area contributed by atoms with Crippen molar-refractivity contribution in [2.24, 2.45) is 0 Å². The van der Waals surface area contributed by atoms with Crippen molar-refractivity contribution in [1.29, 1.82) is 0 Å². The fraction of sp³-hybridized carbons (Fsp3) is 0.182. The predicted octanol–water partition coefficient (Wildman–Crippen LogP) is 2.09. The van der Waals surface area contributed by atoms with Crippen LogP contribution in [0.3, 0.4) is 0 Å². The zero-order valence-electron chi connectivity index (χ0n) is 8.43. The predicted molar refractivity (Wildman–Crippen MR) is 56.5 cm³/mol. The Hall–Kier alpha value is -1.97. The van der Waals surface area contributed by atoms with Crippen molar-refractivity contribution in [3.05, 3.63) is 42.6 Å². The van der Waals surface area contributed by atoms with Gasteiger partial charge in [0.15, 0.2) is 0 Å². The molecule has 0 bridgehead atoms.